The maximum atomic E-state index is 11.1. The first-order valence-corrected chi connectivity index (χ1v) is 10.4. The second-order valence-electron chi connectivity index (χ2n) is 5.42. The zero-order valence-electron chi connectivity index (χ0n) is 13.9. The van der Waals surface area contributed by atoms with Crippen LogP contribution in [-0.2, 0) is 20.2 Å². The molecule has 0 aliphatic carbocycles. The van der Waals surface area contributed by atoms with Crippen LogP contribution in [0.4, 0.5) is 5.69 Å². The molecule has 0 atom stereocenters. The molecular formula is C18H17NO6S2. The van der Waals surface area contributed by atoms with Gasteiger partial charge in [0, 0.05) is 5.69 Å². The van der Waals surface area contributed by atoms with Gasteiger partial charge in [0.2, 0.25) is 0 Å². The first kappa shape index (κ1) is 20.6. The molecule has 0 fully saturated rings. The van der Waals surface area contributed by atoms with Crippen molar-refractivity contribution in [1.29, 1.82) is 0 Å². The van der Waals surface area contributed by atoms with Crippen LogP contribution in [0, 0.1) is 0 Å². The van der Waals surface area contributed by atoms with Gasteiger partial charge in [-0.3, -0.25) is 9.11 Å². The van der Waals surface area contributed by atoms with Crippen LogP contribution in [0.3, 0.4) is 0 Å². The molecule has 0 heterocycles. The minimum Gasteiger partial charge on any atom is -0.399 e. The molecule has 0 bridgehead atoms. The number of hydrogen-bond donors (Lipinski definition) is 3. The van der Waals surface area contributed by atoms with E-state index in [9.17, 15) is 16.8 Å². The summed E-state index contributed by atoms with van der Waals surface area (Å²) in [7, 11) is -8.68. The molecule has 142 valence electrons. The van der Waals surface area contributed by atoms with Gasteiger partial charge in [-0.1, -0.05) is 42.5 Å². The fraction of sp³-hybridized carbons (Fsp3) is 0. The van der Waals surface area contributed by atoms with Crippen molar-refractivity contribution in [3.63, 3.8) is 0 Å². The van der Waals surface area contributed by atoms with Crippen LogP contribution in [0.25, 0.3) is 11.1 Å². The highest BCUT2D eigenvalue weighted by Crippen LogP contribution is 2.24. The fourth-order valence-electron chi connectivity index (χ4n) is 2.13. The predicted molar refractivity (Wildman–Crippen MR) is 102 cm³/mol. The van der Waals surface area contributed by atoms with Gasteiger partial charge in [0.1, 0.15) is 0 Å². The van der Waals surface area contributed by atoms with Crippen molar-refractivity contribution in [3.05, 3.63) is 78.9 Å². The Balaban J connectivity index is 0.000000313. The third-order valence-electron chi connectivity index (χ3n) is 3.40. The lowest BCUT2D eigenvalue weighted by molar-refractivity contribution is 0.481. The van der Waals surface area contributed by atoms with E-state index in [1.54, 1.807) is 12.1 Å². The molecule has 0 saturated carbocycles. The van der Waals surface area contributed by atoms with Gasteiger partial charge in [-0.15, -0.1) is 0 Å². The Bertz CT molecular complexity index is 1050. The zero-order valence-corrected chi connectivity index (χ0v) is 15.6. The molecule has 0 unspecified atom stereocenters. The molecule has 27 heavy (non-hydrogen) atoms. The standard InChI is InChI=1S/C12H10O6S2.C6H7N/c13-19(14,15)11-5-1-3-9(7-11)10-4-2-6-12(8-10)20(16,17)18;7-6-4-2-1-3-5-6/h1-8H,(H,13,14,15)(H,16,17,18);1-5H,7H2. The van der Waals surface area contributed by atoms with Crippen molar-refractivity contribution < 1.29 is 25.9 Å². The van der Waals surface area contributed by atoms with E-state index in [0.29, 0.717) is 11.1 Å². The minimum absolute atomic E-state index is 0.299. The summed E-state index contributed by atoms with van der Waals surface area (Å²) >= 11 is 0. The maximum absolute atomic E-state index is 11.1. The van der Waals surface area contributed by atoms with Crippen LogP contribution < -0.4 is 5.73 Å². The van der Waals surface area contributed by atoms with Crippen LogP contribution in [0.2, 0.25) is 0 Å². The van der Waals surface area contributed by atoms with Gasteiger partial charge in [-0.25, -0.2) is 0 Å². The van der Waals surface area contributed by atoms with Crippen molar-refractivity contribution in [3.8, 4) is 11.1 Å². The second-order valence-corrected chi connectivity index (χ2v) is 8.26. The number of rotatable bonds is 3. The van der Waals surface area contributed by atoms with E-state index in [0.717, 1.165) is 5.69 Å². The molecule has 0 radical (unpaired) electrons. The Morgan fingerprint density at radius 1 is 0.593 bits per heavy atom. The van der Waals surface area contributed by atoms with Gasteiger partial charge < -0.3 is 5.73 Å². The Labute approximate surface area is 157 Å². The number of para-hydroxylation sites is 1. The van der Waals surface area contributed by atoms with Gasteiger partial charge in [0.25, 0.3) is 20.2 Å². The lowest BCUT2D eigenvalue weighted by Gasteiger charge is -2.05. The molecule has 0 aromatic heterocycles. The molecule has 0 aliphatic rings. The lowest BCUT2D eigenvalue weighted by atomic mass is 10.1. The summed E-state index contributed by atoms with van der Waals surface area (Å²) in [6.07, 6.45) is 0. The van der Waals surface area contributed by atoms with Gasteiger partial charge in [-0.05, 0) is 47.5 Å². The molecule has 9 heteroatoms. The average molecular weight is 407 g/mol. The van der Waals surface area contributed by atoms with E-state index in [2.05, 4.69) is 0 Å². The van der Waals surface area contributed by atoms with Crippen LogP contribution in [0.1, 0.15) is 0 Å². The number of nitrogen functional groups attached to an aromatic ring is 1. The monoisotopic (exact) mass is 407 g/mol. The lowest BCUT2D eigenvalue weighted by Crippen LogP contribution is -1.99. The van der Waals surface area contributed by atoms with E-state index in [4.69, 9.17) is 14.8 Å². The molecule has 3 aromatic carbocycles. The Kier molecular flexibility index (Phi) is 6.34. The summed E-state index contributed by atoms with van der Waals surface area (Å²) in [5, 5.41) is 0. The second kappa shape index (κ2) is 8.31. The number of benzene rings is 3. The van der Waals surface area contributed by atoms with Gasteiger partial charge in [0.05, 0.1) is 9.79 Å². The molecule has 0 spiro atoms. The first-order chi connectivity index (χ1) is 12.6. The van der Waals surface area contributed by atoms with Crippen molar-refractivity contribution >= 4 is 25.9 Å². The van der Waals surface area contributed by atoms with E-state index in [1.165, 1.54) is 36.4 Å². The molecule has 7 nitrogen and oxygen atoms in total. The summed E-state index contributed by atoms with van der Waals surface area (Å²) in [5.41, 5.74) is 6.97. The van der Waals surface area contributed by atoms with Crippen molar-refractivity contribution in [2.45, 2.75) is 9.79 Å². The van der Waals surface area contributed by atoms with E-state index >= 15 is 0 Å². The van der Waals surface area contributed by atoms with Crippen LogP contribution >= 0.6 is 0 Å². The minimum atomic E-state index is -4.34. The molecule has 0 aliphatic heterocycles. The average Bonchev–Trinajstić information content (AvgIpc) is 2.62. The van der Waals surface area contributed by atoms with E-state index < -0.39 is 20.2 Å². The number of nitrogens with two attached hydrogens (primary N) is 1. The summed E-state index contributed by atoms with van der Waals surface area (Å²) in [4.78, 5) is -0.598. The smallest absolute Gasteiger partial charge is 0.294 e. The fourth-order valence-corrected chi connectivity index (χ4v) is 3.18. The van der Waals surface area contributed by atoms with E-state index in [-0.39, 0.29) is 9.79 Å². The third kappa shape index (κ3) is 6.19. The quantitative estimate of drug-likeness (QED) is 0.448. The molecule has 3 rings (SSSR count). The van der Waals surface area contributed by atoms with Crippen LogP contribution in [-0.4, -0.2) is 25.9 Å². The highest BCUT2D eigenvalue weighted by Gasteiger charge is 2.13. The molecule has 4 N–H and O–H groups in total. The Morgan fingerprint density at radius 2 is 1.00 bits per heavy atom. The summed E-state index contributed by atoms with van der Waals surface area (Å²) in [6, 6.07) is 20.3. The Morgan fingerprint density at radius 3 is 1.30 bits per heavy atom. The van der Waals surface area contributed by atoms with Crippen molar-refractivity contribution in [1.82, 2.24) is 0 Å². The van der Waals surface area contributed by atoms with Crippen molar-refractivity contribution in [2.75, 3.05) is 5.73 Å². The summed E-state index contributed by atoms with van der Waals surface area (Å²) < 4.78 is 62.2. The highest BCUT2D eigenvalue weighted by molar-refractivity contribution is 7.86. The van der Waals surface area contributed by atoms with Crippen molar-refractivity contribution in [2.24, 2.45) is 0 Å². The molecular weight excluding hydrogens is 390 g/mol. The number of hydrogen-bond acceptors (Lipinski definition) is 5. The molecule has 3 aromatic rings. The van der Waals surface area contributed by atoms with Gasteiger partial charge in [-0.2, -0.15) is 16.8 Å². The van der Waals surface area contributed by atoms with Gasteiger partial charge >= 0.3 is 0 Å². The third-order valence-corrected chi connectivity index (χ3v) is 5.10. The van der Waals surface area contributed by atoms with E-state index in [1.807, 2.05) is 30.3 Å². The molecule has 0 saturated heterocycles. The van der Waals surface area contributed by atoms with Gasteiger partial charge in [0.15, 0.2) is 0 Å². The maximum Gasteiger partial charge on any atom is 0.294 e. The van der Waals surface area contributed by atoms with Crippen LogP contribution in [0.5, 0.6) is 0 Å². The Hall–Kier alpha value is -2.72. The zero-order chi connectivity index (χ0) is 20.1. The molecule has 0 amide bonds. The number of anilines is 1. The highest BCUT2D eigenvalue weighted by atomic mass is 32.2. The first-order valence-electron chi connectivity index (χ1n) is 7.53. The topological polar surface area (TPSA) is 135 Å². The SMILES string of the molecule is Nc1ccccc1.O=S(=O)(O)c1cccc(-c2cccc(S(=O)(=O)O)c2)c1. The predicted octanol–water partition coefficient (Wildman–Crippen LogP) is 3.12. The normalized spacial score (nSPS) is 11.3. The summed E-state index contributed by atoms with van der Waals surface area (Å²) in [6.45, 7) is 0. The largest absolute Gasteiger partial charge is 0.399 e. The summed E-state index contributed by atoms with van der Waals surface area (Å²) in [5.74, 6) is 0. The van der Waals surface area contributed by atoms with Crippen LogP contribution in [0.15, 0.2) is 88.7 Å².